The minimum absolute atomic E-state index is 0.170. The number of sulfone groups is 1. The van der Waals surface area contributed by atoms with Gasteiger partial charge in [-0.1, -0.05) is 44.5 Å². The number of halogens is 1. The Balaban J connectivity index is 2.15. The van der Waals surface area contributed by atoms with E-state index in [1.54, 1.807) is 22.9 Å². The molecule has 0 aliphatic carbocycles. The molecule has 0 radical (unpaired) electrons. The summed E-state index contributed by atoms with van der Waals surface area (Å²) < 4.78 is 27.4. The van der Waals surface area contributed by atoms with Crippen molar-refractivity contribution in [2.45, 2.75) is 50.5 Å². The maximum atomic E-state index is 12.8. The van der Waals surface area contributed by atoms with Gasteiger partial charge in [0.2, 0.25) is 9.84 Å². The van der Waals surface area contributed by atoms with E-state index >= 15 is 0 Å². The third-order valence-electron chi connectivity index (χ3n) is 3.98. The Morgan fingerprint density at radius 1 is 1.23 bits per heavy atom. The fourth-order valence-electron chi connectivity index (χ4n) is 2.76. The summed E-state index contributed by atoms with van der Waals surface area (Å²) in [7, 11) is -3.57. The molecule has 0 spiro atoms. The van der Waals surface area contributed by atoms with Gasteiger partial charge in [0.1, 0.15) is 10.6 Å². The van der Waals surface area contributed by atoms with Gasteiger partial charge in [0.25, 0.3) is 0 Å². The van der Waals surface area contributed by atoms with Crippen LogP contribution in [0.15, 0.2) is 28.0 Å². The standard InChI is InChI=1S/C16H19ClN2O2S/c1-10-14-13(18-19(10)9-8-16(2,3)4)11-6-5-7-12(17)15(11)22(14,20)21/h5-7H,8-9H2,1-4H3. The van der Waals surface area contributed by atoms with Gasteiger partial charge in [0, 0.05) is 12.1 Å². The second-order valence-electron chi connectivity index (χ2n) is 6.92. The molecule has 0 saturated carbocycles. The van der Waals surface area contributed by atoms with Gasteiger partial charge in [-0.2, -0.15) is 5.10 Å². The summed E-state index contributed by atoms with van der Waals surface area (Å²) in [4.78, 5) is 0.504. The summed E-state index contributed by atoms with van der Waals surface area (Å²) in [6.45, 7) is 8.99. The highest BCUT2D eigenvalue weighted by molar-refractivity contribution is 7.92. The molecule has 1 aromatic heterocycles. The van der Waals surface area contributed by atoms with E-state index in [0.717, 1.165) is 6.42 Å². The van der Waals surface area contributed by atoms with E-state index in [1.165, 1.54) is 0 Å². The first-order valence-electron chi connectivity index (χ1n) is 7.24. The number of aryl methyl sites for hydroxylation is 1. The van der Waals surface area contributed by atoms with Crippen LogP contribution in [0.3, 0.4) is 0 Å². The molecule has 6 heteroatoms. The first-order chi connectivity index (χ1) is 10.1. The van der Waals surface area contributed by atoms with Crippen molar-refractivity contribution in [2.24, 2.45) is 5.41 Å². The molecule has 4 nitrogen and oxygen atoms in total. The van der Waals surface area contributed by atoms with Gasteiger partial charge in [0.05, 0.1) is 15.6 Å². The summed E-state index contributed by atoms with van der Waals surface area (Å²) in [5.41, 5.74) is 2.00. The Morgan fingerprint density at radius 2 is 1.91 bits per heavy atom. The van der Waals surface area contributed by atoms with Gasteiger partial charge in [0.15, 0.2) is 0 Å². The lowest BCUT2D eigenvalue weighted by Crippen LogP contribution is -2.13. The highest BCUT2D eigenvalue weighted by Gasteiger charge is 2.40. The number of hydrogen-bond acceptors (Lipinski definition) is 3. The van der Waals surface area contributed by atoms with Crippen molar-refractivity contribution in [2.75, 3.05) is 0 Å². The lowest BCUT2D eigenvalue weighted by molar-refractivity contribution is 0.339. The number of benzene rings is 1. The van der Waals surface area contributed by atoms with Crippen molar-refractivity contribution in [3.8, 4) is 11.3 Å². The molecular weight excluding hydrogens is 320 g/mol. The zero-order chi connectivity index (χ0) is 16.3. The third kappa shape index (κ3) is 2.27. The minimum Gasteiger partial charge on any atom is -0.268 e. The molecule has 118 valence electrons. The van der Waals surface area contributed by atoms with Gasteiger partial charge in [-0.3, -0.25) is 4.68 Å². The topological polar surface area (TPSA) is 52.0 Å². The molecule has 1 aliphatic heterocycles. The van der Waals surface area contributed by atoms with Crippen molar-refractivity contribution in [1.29, 1.82) is 0 Å². The normalized spacial score (nSPS) is 15.7. The van der Waals surface area contributed by atoms with Gasteiger partial charge in [-0.15, -0.1) is 0 Å². The van der Waals surface area contributed by atoms with Crippen LogP contribution in [-0.2, 0) is 16.4 Å². The van der Waals surface area contributed by atoms with E-state index in [0.29, 0.717) is 28.4 Å². The average Bonchev–Trinajstić information content (AvgIpc) is 2.83. The predicted octanol–water partition coefficient (Wildman–Crippen LogP) is 4.09. The van der Waals surface area contributed by atoms with Crippen LogP contribution in [-0.4, -0.2) is 18.2 Å². The number of aromatic nitrogens is 2. The fraction of sp³-hybridized carbons (Fsp3) is 0.438. The van der Waals surface area contributed by atoms with E-state index in [-0.39, 0.29) is 15.3 Å². The maximum Gasteiger partial charge on any atom is 0.212 e. The number of rotatable bonds is 2. The zero-order valence-corrected chi connectivity index (χ0v) is 14.7. The minimum atomic E-state index is -3.57. The van der Waals surface area contributed by atoms with Crippen molar-refractivity contribution >= 4 is 21.4 Å². The van der Waals surface area contributed by atoms with Crippen molar-refractivity contribution in [3.05, 3.63) is 28.9 Å². The van der Waals surface area contributed by atoms with Gasteiger partial charge < -0.3 is 0 Å². The van der Waals surface area contributed by atoms with Crippen LogP contribution in [0.5, 0.6) is 0 Å². The number of fused-ring (bicyclic) bond motifs is 3. The second kappa shape index (κ2) is 4.83. The van der Waals surface area contributed by atoms with Crippen LogP contribution in [0.1, 0.15) is 32.9 Å². The highest BCUT2D eigenvalue weighted by atomic mass is 35.5. The molecule has 0 saturated heterocycles. The molecule has 22 heavy (non-hydrogen) atoms. The number of nitrogens with zero attached hydrogens (tertiary/aromatic N) is 2. The lowest BCUT2D eigenvalue weighted by Gasteiger charge is -2.18. The molecule has 1 aromatic carbocycles. The molecule has 0 amide bonds. The molecule has 3 rings (SSSR count). The molecule has 2 aromatic rings. The SMILES string of the molecule is Cc1c2c(nn1CCC(C)(C)C)-c1cccc(Cl)c1S2(=O)=O. The van der Waals surface area contributed by atoms with E-state index in [1.807, 2.05) is 6.92 Å². The van der Waals surface area contributed by atoms with Gasteiger partial charge in [-0.25, -0.2) is 8.42 Å². The fourth-order valence-corrected chi connectivity index (χ4v) is 5.12. The van der Waals surface area contributed by atoms with Crippen LogP contribution >= 0.6 is 11.6 Å². The van der Waals surface area contributed by atoms with E-state index in [4.69, 9.17) is 11.6 Å². The Morgan fingerprint density at radius 3 is 2.55 bits per heavy atom. The summed E-state index contributed by atoms with van der Waals surface area (Å²) >= 11 is 6.10. The van der Waals surface area contributed by atoms with E-state index in [9.17, 15) is 8.42 Å². The van der Waals surface area contributed by atoms with Crippen LogP contribution in [0.25, 0.3) is 11.3 Å². The summed E-state index contributed by atoms with van der Waals surface area (Å²) in [6.07, 6.45) is 0.927. The van der Waals surface area contributed by atoms with Gasteiger partial charge >= 0.3 is 0 Å². The van der Waals surface area contributed by atoms with Crippen LogP contribution in [0, 0.1) is 12.3 Å². The molecule has 0 atom stereocenters. The van der Waals surface area contributed by atoms with E-state index in [2.05, 4.69) is 25.9 Å². The molecule has 2 heterocycles. The molecule has 0 bridgehead atoms. The Bertz CT molecular complexity index is 861. The third-order valence-corrected chi connectivity index (χ3v) is 6.42. The molecule has 0 N–H and O–H groups in total. The maximum absolute atomic E-state index is 12.8. The van der Waals surface area contributed by atoms with Gasteiger partial charge in [-0.05, 0) is 24.8 Å². The summed E-state index contributed by atoms with van der Waals surface area (Å²) in [5.74, 6) is 0. The molecular formula is C16H19ClN2O2S. The molecule has 0 fully saturated rings. The predicted molar refractivity (Wildman–Crippen MR) is 86.9 cm³/mol. The smallest absolute Gasteiger partial charge is 0.212 e. The Hall–Kier alpha value is -1.33. The highest BCUT2D eigenvalue weighted by Crippen LogP contribution is 2.46. The van der Waals surface area contributed by atoms with Crippen molar-refractivity contribution in [3.63, 3.8) is 0 Å². The molecule has 0 unspecified atom stereocenters. The quantitative estimate of drug-likeness (QED) is 0.707. The monoisotopic (exact) mass is 338 g/mol. The van der Waals surface area contributed by atoms with Crippen LogP contribution in [0.4, 0.5) is 0 Å². The lowest BCUT2D eigenvalue weighted by atomic mass is 9.92. The van der Waals surface area contributed by atoms with Crippen LogP contribution in [0.2, 0.25) is 5.02 Å². The van der Waals surface area contributed by atoms with E-state index < -0.39 is 9.84 Å². The first kappa shape index (κ1) is 15.6. The zero-order valence-electron chi connectivity index (χ0n) is 13.1. The largest absolute Gasteiger partial charge is 0.268 e. The Kier molecular flexibility index (Phi) is 3.42. The van der Waals surface area contributed by atoms with Crippen molar-refractivity contribution < 1.29 is 8.42 Å². The van der Waals surface area contributed by atoms with Crippen LogP contribution < -0.4 is 0 Å². The number of hydrogen-bond donors (Lipinski definition) is 0. The molecule has 1 aliphatic rings. The Labute approximate surface area is 136 Å². The summed E-state index contributed by atoms with van der Waals surface area (Å²) in [6, 6.07) is 5.13. The van der Waals surface area contributed by atoms with Crippen molar-refractivity contribution in [1.82, 2.24) is 9.78 Å². The summed E-state index contributed by atoms with van der Waals surface area (Å²) in [5, 5.41) is 4.81. The average molecular weight is 339 g/mol. The first-order valence-corrected chi connectivity index (χ1v) is 9.10. The second-order valence-corrected chi connectivity index (χ2v) is 9.15.